The minimum Gasteiger partial charge on any atom is -0.406 e. The number of likely N-dealkylation sites (tertiary alicyclic amines) is 1. The predicted molar refractivity (Wildman–Crippen MR) is 105 cm³/mol. The van der Waals surface area contributed by atoms with Crippen LogP contribution in [0.1, 0.15) is 39.7 Å². The number of benzene rings is 1. The number of fused-ring (bicyclic) bond motifs is 1. The van der Waals surface area contributed by atoms with Crippen molar-refractivity contribution in [3.05, 3.63) is 51.7 Å². The fraction of sp³-hybridized carbons (Fsp3) is 0.476. The van der Waals surface area contributed by atoms with Crippen molar-refractivity contribution in [3.63, 3.8) is 0 Å². The quantitative estimate of drug-likeness (QED) is 0.714. The number of carbonyl (C=O) groups excluding carboxylic acids is 1. The maximum Gasteiger partial charge on any atom is 0.573 e. The average Bonchev–Trinajstić information content (AvgIpc) is 3.16. The number of piperidine rings is 1. The van der Waals surface area contributed by atoms with Gasteiger partial charge in [-0.05, 0) is 86.6 Å². The van der Waals surface area contributed by atoms with E-state index in [-0.39, 0.29) is 17.7 Å². The molecule has 2 aliphatic rings. The second-order valence-electron chi connectivity index (χ2n) is 7.72. The third-order valence-corrected chi connectivity index (χ3v) is 6.84. The number of amides is 1. The normalized spacial score (nSPS) is 21.1. The molecule has 0 aliphatic carbocycles. The summed E-state index contributed by atoms with van der Waals surface area (Å²) in [7, 11) is 2.11. The molecule has 0 radical (unpaired) electrons. The van der Waals surface area contributed by atoms with Crippen molar-refractivity contribution in [2.75, 3.05) is 26.7 Å². The van der Waals surface area contributed by atoms with Gasteiger partial charge in [-0.3, -0.25) is 4.79 Å². The molecule has 4 nitrogen and oxygen atoms in total. The summed E-state index contributed by atoms with van der Waals surface area (Å²) in [5.74, 6) is -0.0627. The lowest BCUT2D eigenvalue weighted by Crippen LogP contribution is -2.45. The summed E-state index contributed by atoms with van der Waals surface area (Å²) in [5.41, 5.74) is 1.70. The van der Waals surface area contributed by atoms with Gasteiger partial charge in [-0.15, -0.1) is 24.5 Å². The van der Waals surface area contributed by atoms with Crippen LogP contribution in [-0.4, -0.2) is 48.8 Å². The Kier molecular flexibility index (Phi) is 5.57. The molecule has 1 atom stereocenters. The Balaban J connectivity index is 1.58. The predicted octanol–water partition coefficient (Wildman–Crippen LogP) is 4.73. The Bertz CT molecular complexity index is 858. The minimum atomic E-state index is -4.74. The highest BCUT2D eigenvalue weighted by Gasteiger charge is 2.38. The van der Waals surface area contributed by atoms with E-state index in [9.17, 15) is 18.0 Å². The number of carbonyl (C=O) groups is 1. The zero-order valence-electron chi connectivity index (χ0n) is 16.1. The van der Waals surface area contributed by atoms with Crippen molar-refractivity contribution in [1.29, 1.82) is 0 Å². The molecule has 0 N–H and O–H groups in total. The highest BCUT2D eigenvalue weighted by molar-refractivity contribution is 7.10. The van der Waals surface area contributed by atoms with E-state index >= 15 is 0 Å². The zero-order chi connectivity index (χ0) is 20.6. The van der Waals surface area contributed by atoms with Gasteiger partial charge in [-0.1, -0.05) is 0 Å². The lowest BCUT2D eigenvalue weighted by Gasteiger charge is -2.43. The monoisotopic (exact) mass is 424 g/mol. The first kappa shape index (κ1) is 20.2. The first-order valence-corrected chi connectivity index (χ1v) is 10.6. The number of rotatable bonds is 3. The van der Waals surface area contributed by atoms with Gasteiger partial charge in [0.05, 0.1) is 6.04 Å². The van der Waals surface area contributed by atoms with Gasteiger partial charge in [0.25, 0.3) is 5.91 Å². The Morgan fingerprint density at radius 3 is 2.45 bits per heavy atom. The van der Waals surface area contributed by atoms with E-state index in [2.05, 4.69) is 28.1 Å². The van der Waals surface area contributed by atoms with Gasteiger partial charge in [-0.2, -0.15) is 0 Å². The lowest BCUT2D eigenvalue weighted by molar-refractivity contribution is -0.274. The molecule has 156 valence electrons. The van der Waals surface area contributed by atoms with Crippen LogP contribution >= 0.6 is 11.3 Å². The Hall–Kier alpha value is -2.06. The standard InChI is InChI=1S/C21H23F3N2O2S/c1-25-10-6-14(7-11-25)18-19-15(9-13-29-19)8-12-26(18)20(27)16-2-4-17(5-3-16)28-21(22,23)24/h2-5,9,13-14,18H,6-8,10-12H2,1H3. The Labute approximate surface area is 171 Å². The summed E-state index contributed by atoms with van der Waals surface area (Å²) in [5, 5.41) is 2.09. The topological polar surface area (TPSA) is 32.8 Å². The third kappa shape index (κ3) is 4.43. The van der Waals surface area contributed by atoms with Gasteiger partial charge in [0.1, 0.15) is 5.75 Å². The molecule has 2 aromatic rings. The molecule has 1 fully saturated rings. The van der Waals surface area contributed by atoms with E-state index in [0.29, 0.717) is 18.0 Å². The second-order valence-corrected chi connectivity index (χ2v) is 8.66. The van der Waals surface area contributed by atoms with E-state index < -0.39 is 6.36 Å². The van der Waals surface area contributed by atoms with Crippen molar-refractivity contribution < 1.29 is 22.7 Å². The van der Waals surface area contributed by atoms with Crippen molar-refractivity contribution in [2.24, 2.45) is 5.92 Å². The van der Waals surface area contributed by atoms with E-state index in [1.54, 1.807) is 11.3 Å². The SMILES string of the molecule is CN1CCC(C2c3sccc3CCN2C(=O)c2ccc(OC(F)(F)F)cc2)CC1. The van der Waals surface area contributed by atoms with Gasteiger partial charge in [-0.25, -0.2) is 0 Å². The van der Waals surface area contributed by atoms with Crippen LogP contribution in [0.4, 0.5) is 13.2 Å². The van der Waals surface area contributed by atoms with Crippen LogP contribution in [0.15, 0.2) is 35.7 Å². The van der Waals surface area contributed by atoms with Gasteiger partial charge in [0, 0.05) is 17.0 Å². The molecule has 0 spiro atoms. The molecule has 4 rings (SSSR count). The fourth-order valence-electron chi connectivity index (χ4n) is 4.34. The van der Waals surface area contributed by atoms with Gasteiger partial charge >= 0.3 is 6.36 Å². The van der Waals surface area contributed by atoms with Crippen LogP contribution < -0.4 is 4.74 Å². The van der Waals surface area contributed by atoms with E-state index in [0.717, 1.165) is 32.4 Å². The highest BCUT2D eigenvalue weighted by Crippen LogP contribution is 2.43. The number of alkyl halides is 3. The number of thiophene rings is 1. The minimum absolute atomic E-state index is 0.0334. The molecule has 8 heteroatoms. The number of hydrogen-bond donors (Lipinski definition) is 0. The molecule has 1 unspecified atom stereocenters. The maximum absolute atomic E-state index is 13.3. The molecule has 1 saturated heterocycles. The first-order valence-electron chi connectivity index (χ1n) is 9.73. The second kappa shape index (κ2) is 7.99. The van der Waals surface area contributed by atoms with Crippen LogP contribution in [0.2, 0.25) is 0 Å². The van der Waals surface area contributed by atoms with Gasteiger partial charge in [0.2, 0.25) is 0 Å². The number of nitrogens with zero attached hydrogens (tertiary/aromatic N) is 2. The van der Waals surface area contributed by atoms with Crippen LogP contribution in [-0.2, 0) is 6.42 Å². The van der Waals surface area contributed by atoms with Crippen LogP contribution in [0.25, 0.3) is 0 Å². The summed E-state index contributed by atoms with van der Waals surface area (Å²) in [6.07, 6.45) is -1.88. The van der Waals surface area contributed by atoms with Crippen molar-refractivity contribution >= 4 is 17.2 Å². The summed E-state index contributed by atoms with van der Waals surface area (Å²) >= 11 is 1.70. The largest absolute Gasteiger partial charge is 0.573 e. The Morgan fingerprint density at radius 1 is 1.10 bits per heavy atom. The smallest absolute Gasteiger partial charge is 0.406 e. The van der Waals surface area contributed by atoms with Gasteiger partial charge < -0.3 is 14.5 Å². The van der Waals surface area contributed by atoms with Crippen molar-refractivity contribution in [2.45, 2.75) is 31.7 Å². The molecule has 3 heterocycles. The zero-order valence-corrected chi connectivity index (χ0v) is 16.9. The molecular weight excluding hydrogens is 401 g/mol. The van der Waals surface area contributed by atoms with Crippen molar-refractivity contribution in [3.8, 4) is 5.75 Å². The molecule has 2 aliphatic heterocycles. The van der Waals surface area contributed by atoms with Crippen LogP contribution in [0.5, 0.6) is 5.75 Å². The summed E-state index contributed by atoms with van der Waals surface area (Å²) in [6, 6.07) is 7.41. The lowest BCUT2D eigenvalue weighted by atomic mass is 9.84. The average molecular weight is 424 g/mol. The summed E-state index contributed by atoms with van der Waals surface area (Å²) in [4.78, 5) is 18.8. The maximum atomic E-state index is 13.3. The molecule has 1 aromatic carbocycles. The number of halogens is 3. The third-order valence-electron chi connectivity index (χ3n) is 5.81. The van der Waals surface area contributed by atoms with Crippen molar-refractivity contribution in [1.82, 2.24) is 9.80 Å². The van der Waals surface area contributed by atoms with Gasteiger partial charge in [0.15, 0.2) is 0 Å². The number of hydrogen-bond acceptors (Lipinski definition) is 4. The molecular formula is C21H23F3N2O2S. The first-order chi connectivity index (χ1) is 13.8. The fourth-order valence-corrected chi connectivity index (χ4v) is 5.50. The molecule has 1 amide bonds. The van der Waals surface area contributed by atoms with E-state index in [1.165, 1.54) is 34.7 Å². The van der Waals surface area contributed by atoms with Crippen LogP contribution in [0.3, 0.4) is 0 Å². The molecule has 0 saturated carbocycles. The highest BCUT2D eigenvalue weighted by atomic mass is 32.1. The summed E-state index contributed by atoms with van der Waals surface area (Å²) < 4.78 is 41.1. The summed E-state index contributed by atoms with van der Waals surface area (Å²) in [6.45, 7) is 2.64. The Morgan fingerprint density at radius 2 is 1.79 bits per heavy atom. The van der Waals surface area contributed by atoms with Crippen LogP contribution in [0, 0.1) is 5.92 Å². The molecule has 29 heavy (non-hydrogen) atoms. The molecule has 0 bridgehead atoms. The van der Waals surface area contributed by atoms with E-state index in [4.69, 9.17) is 0 Å². The number of ether oxygens (including phenoxy) is 1. The van der Waals surface area contributed by atoms with E-state index in [1.807, 2.05) is 4.90 Å². The molecule has 1 aromatic heterocycles.